The van der Waals surface area contributed by atoms with Crippen LogP contribution >= 0.6 is 11.8 Å². The number of amides is 1. The van der Waals surface area contributed by atoms with Gasteiger partial charge in [0.15, 0.2) is 6.67 Å². The van der Waals surface area contributed by atoms with Gasteiger partial charge in [-0.2, -0.15) is 0 Å². The van der Waals surface area contributed by atoms with Crippen LogP contribution in [0, 0.1) is 0 Å². The van der Waals surface area contributed by atoms with Crippen LogP contribution in [0.3, 0.4) is 0 Å². The summed E-state index contributed by atoms with van der Waals surface area (Å²) in [5, 5.41) is 38.8. The minimum Gasteiger partial charge on any atom is -0.395 e. The topological polar surface area (TPSA) is 110 Å². The number of carbonyl (C=O) groups is 1. The maximum Gasteiger partial charge on any atom is 0.251 e. The maximum absolute atomic E-state index is 12.0. The van der Waals surface area contributed by atoms with Gasteiger partial charge in [-0.25, -0.2) is 4.39 Å². The number of hydrogen-bond acceptors (Lipinski definition) is 6. The average molecular weight is 255 g/mol. The number of carbonyl (C=O) groups excluding carboxylic acids is 1. The van der Waals surface area contributed by atoms with Gasteiger partial charge >= 0.3 is 0 Å². The third-order valence-corrected chi connectivity index (χ3v) is 3.70. The van der Waals surface area contributed by atoms with Crippen molar-refractivity contribution >= 4 is 17.7 Å². The van der Waals surface area contributed by atoms with Gasteiger partial charge in [0.1, 0.15) is 11.5 Å². The summed E-state index contributed by atoms with van der Waals surface area (Å²) in [6.45, 7) is -1.68. The van der Waals surface area contributed by atoms with Gasteiger partial charge in [-0.15, -0.1) is 11.8 Å². The van der Waals surface area contributed by atoms with E-state index in [2.05, 4.69) is 5.32 Å². The van der Waals surface area contributed by atoms with E-state index in [1.54, 1.807) is 0 Å². The first kappa shape index (κ1) is 13.7. The van der Waals surface area contributed by atoms with Crippen molar-refractivity contribution in [3.63, 3.8) is 0 Å². The first-order chi connectivity index (χ1) is 7.51. The minimum absolute atomic E-state index is 0.413. The third kappa shape index (κ3) is 2.83. The van der Waals surface area contributed by atoms with Crippen LogP contribution in [-0.2, 0) is 4.79 Å². The Hall–Kier alpha value is -0.410. The van der Waals surface area contributed by atoms with Crippen molar-refractivity contribution in [2.45, 2.75) is 28.9 Å². The molecule has 8 heteroatoms. The molecule has 5 N–H and O–H groups in total. The van der Waals surface area contributed by atoms with Gasteiger partial charge in [-0.3, -0.25) is 4.79 Å². The standard InChI is InChI=1S/C8H14FNO5S/c9-1-4(12)10-5-7(14)6(13)3(2-11)16-8(5)15/h3,5-8,11,13-15H,1-2H2,(H,10,12)/t3?,5?,6-,7-,8?/m1/s1. The fourth-order valence-corrected chi connectivity index (χ4v) is 2.64. The SMILES string of the molecule is O=C(CF)NC1C(O)SC(CO)[C@@H](O)[C@@H]1O. The molecule has 0 radical (unpaired) electrons. The van der Waals surface area contributed by atoms with E-state index in [0.717, 1.165) is 11.8 Å². The Bertz CT molecular complexity index is 257. The van der Waals surface area contributed by atoms with Crippen LogP contribution in [0.4, 0.5) is 4.39 Å². The third-order valence-electron chi connectivity index (χ3n) is 2.35. The van der Waals surface area contributed by atoms with Crippen molar-refractivity contribution in [2.24, 2.45) is 0 Å². The number of nitrogens with one attached hydrogen (secondary N) is 1. The lowest BCUT2D eigenvalue weighted by atomic mass is 10.0. The summed E-state index contributed by atoms with van der Waals surface area (Å²) < 4.78 is 12.0. The van der Waals surface area contributed by atoms with Crippen molar-refractivity contribution in [3.05, 3.63) is 0 Å². The van der Waals surface area contributed by atoms with Gasteiger partial charge in [0.25, 0.3) is 5.91 Å². The number of aliphatic hydroxyl groups excluding tert-OH is 4. The highest BCUT2D eigenvalue weighted by atomic mass is 32.2. The van der Waals surface area contributed by atoms with Crippen LogP contribution in [0.25, 0.3) is 0 Å². The molecule has 0 aliphatic carbocycles. The molecule has 0 spiro atoms. The van der Waals surface area contributed by atoms with E-state index in [1.165, 1.54) is 0 Å². The molecule has 0 aromatic heterocycles. The molecule has 1 rings (SSSR count). The fraction of sp³-hybridized carbons (Fsp3) is 0.875. The number of alkyl halides is 1. The van der Waals surface area contributed by atoms with Crippen LogP contribution in [-0.4, -0.2) is 68.6 Å². The maximum atomic E-state index is 12.0. The van der Waals surface area contributed by atoms with Crippen LogP contribution in [0.2, 0.25) is 0 Å². The second-order valence-electron chi connectivity index (χ2n) is 3.46. The van der Waals surface area contributed by atoms with Crippen molar-refractivity contribution in [1.29, 1.82) is 0 Å². The Morgan fingerprint density at radius 2 is 1.94 bits per heavy atom. The van der Waals surface area contributed by atoms with Gasteiger partial charge in [0.05, 0.1) is 24.0 Å². The molecule has 0 saturated carbocycles. The molecule has 1 heterocycles. The molecule has 94 valence electrons. The Labute approximate surface area is 95.5 Å². The molecule has 16 heavy (non-hydrogen) atoms. The number of aliphatic hydroxyl groups is 4. The number of thioether (sulfide) groups is 1. The molecule has 1 aliphatic rings. The van der Waals surface area contributed by atoms with Crippen molar-refractivity contribution < 1.29 is 29.6 Å². The van der Waals surface area contributed by atoms with Crippen LogP contribution < -0.4 is 5.32 Å². The predicted molar refractivity (Wildman–Crippen MR) is 54.4 cm³/mol. The van der Waals surface area contributed by atoms with Crippen LogP contribution in [0.15, 0.2) is 0 Å². The second kappa shape index (κ2) is 5.78. The Balaban J connectivity index is 2.67. The van der Waals surface area contributed by atoms with E-state index in [0.29, 0.717) is 0 Å². The molecule has 1 aliphatic heterocycles. The van der Waals surface area contributed by atoms with Crippen LogP contribution in [0.5, 0.6) is 0 Å². The minimum atomic E-state index is -1.44. The first-order valence-electron chi connectivity index (χ1n) is 4.67. The monoisotopic (exact) mass is 255 g/mol. The normalized spacial score (nSPS) is 39.4. The van der Waals surface area contributed by atoms with E-state index < -0.39 is 48.1 Å². The Morgan fingerprint density at radius 3 is 2.44 bits per heavy atom. The summed E-state index contributed by atoms with van der Waals surface area (Å²) in [5.41, 5.74) is -1.20. The molecule has 1 amide bonds. The van der Waals surface area contributed by atoms with E-state index in [4.69, 9.17) is 5.11 Å². The number of hydrogen-bond donors (Lipinski definition) is 5. The summed E-state index contributed by atoms with van der Waals surface area (Å²) in [7, 11) is 0. The van der Waals surface area contributed by atoms with E-state index in [9.17, 15) is 24.5 Å². The molecule has 0 aromatic carbocycles. The quantitative estimate of drug-likeness (QED) is 0.384. The zero-order valence-corrected chi connectivity index (χ0v) is 9.10. The Morgan fingerprint density at radius 1 is 1.31 bits per heavy atom. The van der Waals surface area contributed by atoms with E-state index >= 15 is 0 Å². The summed E-state index contributed by atoms with van der Waals surface area (Å²) in [6, 6.07) is -1.15. The van der Waals surface area contributed by atoms with E-state index in [1.807, 2.05) is 0 Å². The van der Waals surface area contributed by atoms with Crippen LogP contribution in [0.1, 0.15) is 0 Å². The zero-order valence-electron chi connectivity index (χ0n) is 8.28. The lowest BCUT2D eigenvalue weighted by Gasteiger charge is -2.39. The van der Waals surface area contributed by atoms with Crippen molar-refractivity contribution in [2.75, 3.05) is 13.3 Å². The second-order valence-corrected chi connectivity index (χ2v) is 4.82. The van der Waals surface area contributed by atoms with Gasteiger partial charge in [0.2, 0.25) is 0 Å². The Kier molecular flexibility index (Phi) is 4.93. The summed E-state index contributed by atoms with van der Waals surface area (Å²) in [4.78, 5) is 10.8. The van der Waals surface area contributed by atoms with Crippen molar-refractivity contribution in [3.8, 4) is 0 Å². The molecule has 1 saturated heterocycles. The molecular weight excluding hydrogens is 241 g/mol. The predicted octanol–water partition coefficient (Wildman–Crippen LogP) is -2.41. The largest absolute Gasteiger partial charge is 0.395 e. The van der Waals surface area contributed by atoms with Gasteiger partial charge < -0.3 is 25.7 Å². The van der Waals surface area contributed by atoms with Gasteiger partial charge in [-0.05, 0) is 0 Å². The molecule has 3 unspecified atom stereocenters. The molecular formula is C8H14FNO5S. The highest BCUT2D eigenvalue weighted by Crippen LogP contribution is 2.31. The lowest BCUT2D eigenvalue weighted by Crippen LogP contribution is -2.60. The summed E-state index contributed by atoms with van der Waals surface area (Å²) >= 11 is 0.817. The van der Waals surface area contributed by atoms with E-state index in [-0.39, 0.29) is 0 Å². The smallest absolute Gasteiger partial charge is 0.251 e. The molecule has 0 aromatic rings. The lowest BCUT2D eigenvalue weighted by molar-refractivity contribution is -0.125. The van der Waals surface area contributed by atoms with Gasteiger partial charge in [0, 0.05) is 0 Å². The van der Waals surface area contributed by atoms with Gasteiger partial charge in [-0.1, -0.05) is 0 Å². The molecule has 0 bridgehead atoms. The molecule has 5 atom stereocenters. The highest BCUT2D eigenvalue weighted by Gasteiger charge is 2.43. The molecule has 6 nitrogen and oxygen atoms in total. The molecule has 1 fully saturated rings. The fourth-order valence-electron chi connectivity index (χ4n) is 1.48. The first-order valence-corrected chi connectivity index (χ1v) is 5.61. The highest BCUT2D eigenvalue weighted by molar-refractivity contribution is 8.00. The summed E-state index contributed by atoms with van der Waals surface area (Å²) in [5.74, 6) is -0.974. The number of halogens is 1. The number of rotatable bonds is 3. The van der Waals surface area contributed by atoms with Crippen molar-refractivity contribution in [1.82, 2.24) is 5.32 Å². The average Bonchev–Trinajstić information content (AvgIpc) is 2.28. The summed E-state index contributed by atoms with van der Waals surface area (Å²) in [6.07, 6.45) is -2.73. The zero-order chi connectivity index (χ0) is 12.3.